The highest BCUT2D eigenvalue weighted by molar-refractivity contribution is 6.20. The van der Waals surface area contributed by atoms with E-state index in [2.05, 4.69) is 120 Å². The Morgan fingerprint density at radius 1 is 0.636 bits per heavy atom. The van der Waals surface area contributed by atoms with Crippen molar-refractivity contribution in [1.29, 1.82) is 0 Å². The van der Waals surface area contributed by atoms with Gasteiger partial charge >= 0.3 is 0 Å². The molecule has 206 valence electrons. The van der Waals surface area contributed by atoms with Crippen LogP contribution in [0.5, 0.6) is 0 Å². The molecular weight excluding hydrogens is 536 g/mol. The number of aromatic nitrogens is 3. The van der Waals surface area contributed by atoms with E-state index in [9.17, 15) is 0 Å². The average molecular weight is 563 g/mol. The number of benzene rings is 6. The first-order valence-corrected chi connectivity index (χ1v) is 14.9. The fraction of sp³-hybridized carbons (Fsp3) is 0.0750. The first kappa shape index (κ1) is 24.8. The quantitative estimate of drug-likeness (QED) is 0.197. The van der Waals surface area contributed by atoms with Gasteiger partial charge in [-0.25, -0.2) is 14.8 Å². The van der Waals surface area contributed by atoms with E-state index in [0.29, 0.717) is 5.69 Å². The lowest BCUT2D eigenvalue weighted by Crippen LogP contribution is -2.18. The maximum atomic E-state index is 7.73. The summed E-state index contributed by atoms with van der Waals surface area (Å²) in [5, 5.41) is 7.06. The van der Waals surface area contributed by atoms with Crippen LogP contribution >= 0.6 is 0 Å². The van der Waals surface area contributed by atoms with Gasteiger partial charge in [-0.15, -0.1) is 0 Å². The summed E-state index contributed by atoms with van der Waals surface area (Å²) in [6.45, 7) is 12.2. The summed E-state index contributed by atoms with van der Waals surface area (Å²) >= 11 is 0. The smallest absolute Gasteiger partial charge is 0.187 e. The zero-order chi connectivity index (χ0) is 29.6. The van der Waals surface area contributed by atoms with Crippen LogP contribution in [0.4, 0.5) is 5.69 Å². The number of rotatable bonds is 2. The summed E-state index contributed by atoms with van der Waals surface area (Å²) in [5.41, 5.74) is 8.32. The minimum absolute atomic E-state index is 0.321. The molecule has 4 heteroatoms. The van der Waals surface area contributed by atoms with Crippen LogP contribution in [0, 0.1) is 6.57 Å². The highest BCUT2D eigenvalue weighted by Crippen LogP contribution is 2.49. The van der Waals surface area contributed by atoms with Crippen LogP contribution in [-0.4, -0.2) is 14.5 Å². The fourth-order valence-corrected chi connectivity index (χ4v) is 7.17. The van der Waals surface area contributed by atoms with E-state index < -0.39 is 0 Å². The Morgan fingerprint density at radius 3 is 2.23 bits per heavy atom. The standard InChI is InChI=1S/C40H26N4/c1-40(2)33-18-9-8-17-31(33)36-38(40)43-39(35(42-36)27-14-10-15-28(21-27)41-3)44-34-23-26-13-5-4-12-25(26)22-32(34)30-20-19-24-11-6-7-16-29(24)37(30)44/h4-23H,1-2H3. The maximum absolute atomic E-state index is 7.73. The first-order valence-electron chi connectivity index (χ1n) is 14.9. The van der Waals surface area contributed by atoms with E-state index in [4.69, 9.17) is 16.5 Å². The zero-order valence-corrected chi connectivity index (χ0v) is 24.3. The van der Waals surface area contributed by atoms with E-state index in [-0.39, 0.29) is 5.41 Å². The molecule has 44 heavy (non-hydrogen) atoms. The molecule has 0 N–H and O–H groups in total. The van der Waals surface area contributed by atoms with Crippen LogP contribution in [0.25, 0.3) is 76.5 Å². The number of hydrogen-bond acceptors (Lipinski definition) is 2. The van der Waals surface area contributed by atoms with E-state index >= 15 is 0 Å². The minimum Gasteiger partial charge on any atom is -0.291 e. The molecule has 0 saturated heterocycles. The third-order valence-electron chi connectivity index (χ3n) is 9.30. The van der Waals surface area contributed by atoms with Gasteiger partial charge in [-0.05, 0) is 45.5 Å². The van der Waals surface area contributed by atoms with Crippen LogP contribution in [0.15, 0.2) is 121 Å². The van der Waals surface area contributed by atoms with Gasteiger partial charge in [-0.3, -0.25) is 4.57 Å². The second kappa shape index (κ2) is 8.86. The number of fused-ring (bicyclic) bond motifs is 9. The summed E-state index contributed by atoms with van der Waals surface area (Å²) in [5.74, 6) is 0.776. The summed E-state index contributed by atoms with van der Waals surface area (Å²) in [4.78, 5) is 14.8. The Hall–Kier alpha value is -5.79. The predicted molar refractivity (Wildman–Crippen MR) is 181 cm³/mol. The highest BCUT2D eigenvalue weighted by atomic mass is 15.1. The molecule has 6 aromatic carbocycles. The normalized spacial score (nSPS) is 13.4. The van der Waals surface area contributed by atoms with Crippen molar-refractivity contribution in [2.75, 3.05) is 0 Å². The van der Waals surface area contributed by atoms with Crippen molar-refractivity contribution in [2.24, 2.45) is 0 Å². The van der Waals surface area contributed by atoms with Crippen LogP contribution in [0.2, 0.25) is 0 Å². The Morgan fingerprint density at radius 2 is 1.39 bits per heavy atom. The molecule has 0 bridgehead atoms. The summed E-state index contributed by atoms with van der Waals surface area (Å²) in [6.07, 6.45) is 0. The van der Waals surface area contributed by atoms with Crippen molar-refractivity contribution < 1.29 is 0 Å². The van der Waals surface area contributed by atoms with Crippen LogP contribution in [-0.2, 0) is 5.41 Å². The van der Waals surface area contributed by atoms with Crippen LogP contribution in [0.1, 0.15) is 25.1 Å². The SMILES string of the molecule is [C-]#[N+]c1cccc(-c2nc3c(nc2-n2c4cc5ccccc5cc4c4ccc5ccccc5c42)C(C)(C)c2ccccc2-3)c1. The van der Waals surface area contributed by atoms with Crippen molar-refractivity contribution >= 4 is 49.0 Å². The van der Waals surface area contributed by atoms with Crippen molar-refractivity contribution in [2.45, 2.75) is 19.3 Å². The molecule has 0 spiro atoms. The van der Waals surface area contributed by atoms with Gasteiger partial charge in [0.25, 0.3) is 0 Å². The van der Waals surface area contributed by atoms with Crippen molar-refractivity contribution in [1.82, 2.24) is 14.5 Å². The van der Waals surface area contributed by atoms with E-state index in [1.165, 1.54) is 32.5 Å². The van der Waals surface area contributed by atoms with E-state index in [1.54, 1.807) is 0 Å². The second-order valence-electron chi connectivity index (χ2n) is 12.2. The molecule has 0 radical (unpaired) electrons. The third-order valence-corrected chi connectivity index (χ3v) is 9.30. The van der Waals surface area contributed by atoms with E-state index in [0.717, 1.165) is 50.4 Å². The Bertz CT molecular complexity index is 2550. The number of nitrogens with zero attached hydrogens (tertiary/aromatic N) is 4. The van der Waals surface area contributed by atoms with Gasteiger partial charge in [-0.1, -0.05) is 117 Å². The summed E-state index contributed by atoms with van der Waals surface area (Å²) in [6, 6.07) is 42.4. The molecule has 8 aromatic rings. The lowest BCUT2D eigenvalue weighted by molar-refractivity contribution is 0.633. The maximum Gasteiger partial charge on any atom is 0.187 e. The highest BCUT2D eigenvalue weighted by Gasteiger charge is 2.39. The molecule has 0 saturated carbocycles. The lowest BCUT2D eigenvalue weighted by atomic mass is 9.85. The monoisotopic (exact) mass is 562 g/mol. The predicted octanol–water partition coefficient (Wildman–Crippen LogP) is 10.4. The van der Waals surface area contributed by atoms with Gasteiger partial charge in [-0.2, -0.15) is 0 Å². The molecule has 1 aliphatic rings. The topological polar surface area (TPSA) is 35.1 Å². The largest absolute Gasteiger partial charge is 0.291 e. The van der Waals surface area contributed by atoms with E-state index in [1.807, 2.05) is 24.3 Å². The van der Waals surface area contributed by atoms with Gasteiger partial charge < -0.3 is 0 Å². The minimum atomic E-state index is -0.321. The molecule has 0 atom stereocenters. The van der Waals surface area contributed by atoms with Gasteiger partial charge in [0, 0.05) is 27.1 Å². The lowest BCUT2D eigenvalue weighted by Gasteiger charge is -2.22. The molecule has 2 aromatic heterocycles. The second-order valence-corrected chi connectivity index (χ2v) is 12.2. The molecule has 4 nitrogen and oxygen atoms in total. The molecule has 9 rings (SSSR count). The Labute approximate surface area is 254 Å². The molecule has 2 heterocycles. The fourth-order valence-electron chi connectivity index (χ4n) is 7.17. The van der Waals surface area contributed by atoms with Gasteiger partial charge in [0.1, 0.15) is 5.69 Å². The molecule has 0 amide bonds. The van der Waals surface area contributed by atoms with Crippen molar-refractivity contribution in [3.63, 3.8) is 0 Å². The van der Waals surface area contributed by atoms with Crippen molar-refractivity contribution in [3.05, 3.63) is 144 Å². The molecule has 0 unspecified atom stereocenters. The molecule has 1 aliphatic carbocycles. The third kappa shape index (κ3) is 3.32. The molecule has 0 aliphatic heterocycles. The summed E-state index contributed by atoms with van der Waals surface area (Å²) < 4.78 is 2.33. The van der Waals surface area contributed by atoms with Gasteiger partial charge in [0.15, 0.2) is 11.5 Å². The Kier molecular flexibility index (Phi) is 4.99. The Balaban J connectivity index is 1.50. The zero-order valence-electron chi connectivity index (χ0n) is 24.3. The van der Waals surface area contributed by atoms with Crippen molar-refractivity contribution in [3.8, 4) is 28.3 Å². The number of hydrogen-bond donors (Lipinski definition) is 0. The average Bonchev–Trinajstić information content (AvgIpc) is 3.51. The first-order chi connectivity index (χ1) is 21.5. The summed E-state index contributed by atoms with van der Waals surface area (Å²) in [7, 11) is 0. The van der Waals surface area contributed by atoms with Gasteiger partial charge in [0.05, 0.1) is 29.0 Å². The van der Waals surface area contributed by atoms with Gasteiger partial charge in [0.2, 0.25) is 0 Å². The molecule has 0 fully saturated rings. The van der Waals surface area contributed by atoms with Crippen LogP contribution < -0.4 is 0 Å². The van der Waals surface area contributed by atoms with Crippen LogP contribution in [0.3, 0.4) is 0 Å². The molecular formula is C40H26N4.